The zero-order valence-corrected chi connectivity index (χ0v) is 11.1. The molecule has 104 valence electrons. The number of amides is 1. The lowest BCUT2D eigenvalue weighted by Crippen LogP contribution is -2.41. The average Bonchev–Trinajstić information content (AvgIpc) is 2.77. The van der Waals surface area contributed by atoms with Gasteiger partial charge in [-0.3, -0.25) is 4.79 Å². The fourth-order valence-corrected chi connectivity index (χ4v) is 2.38. The lowest BCUT2D eigenvalue weighted by Gasteiger charge is -2.27. The molecule has 1 N–H and O–H groups in total. The first-order valence-corrected chi connectivity index (χ1v) is 6.30. The van der Waals surface area contributed by atoms with E-state index >= 15 is 0 Å². The largest absolute Gasteiger partial charge is 0.478 e. The van der Waals surface area contributed by atoms with E-state index < -0.39 is 5.97 Å². The molecule has 0 saturated carbocycles. The maximum absolute atomic E-state index is 12.3. The van der Waals surface area contributed by atoms with Crippen LogP contribution in [0.5, 0.6) is 0 Å². The third kappa shape index (κ3) is 2.96. The molecule has 0 radical (unpaired) electrons. The average molecular weight is 266 g/mol. The molecule has 1 atom stereocenters. The van der Waals surface area contributed by atoms with E-state index in [1.54, 1.807) is 4.90 Å². The third-order valence-electron chi connectivity index (χ3n) is 3.36. The van der Waals surface area contributed by atoms with Gasteiger partial charge in [-0.1, -0.05) is 0 Å². The van der Waals surface area contributed by atoms with Gasteiger partial charge in [-0.05, 0) is 26.9 Å². The van der Waals surface area contributed by atoms with Gasteiger partial charge in [-0.15, -0.1) is 0 Å². The molecule has 2 rings (SSSR count). The molecular formula is C13H18N2O4. The van der Waals surface area contributed by atoms with Crippen molar-refractivity contribution in [2.24, 2.45) is 0 Å². The number of carboxylic acid groups (broad SMARTS) is 1. The quantitative estimate of drug-likeness (QED) is 0.869. The van der Waals surface area contributed by atoms with Crippen molar-refractivity contribution >= 4 is 11.9 Å². The minimum Gasteiger partial charge on any atom is -0.478 e. The Labute approximate surface area is 111 Å². The van der Waals surface area contributed by atoms with Crippen LogP contribution in [0, 0.1) is 0 Å². The summed E-state index contributed by atoms with van der Waals surface area (Å²) in [4.78, 5) is 27.0. The lowest BCUT2D eigenvalue weighted by molar-refractivity contribution is 0.0661. The molecule has 1 fully saturated rings. The van der Waals surface area contributed by atoms with Crippen LogP contribution < -0.4 is 0 Å². The van der Waals surface area contributed by atoms with Gasteiger partial charge in [-0.25, -0.2) is 4.79 Å². The Morgan fingerprint density at radius 3 is 2.79 bits per heavy atom. The van der Waals surface area contributed by atoms with Crippen molar-refractivity contribution in [2.45, 2.75) is 19.4 Å². The molecule has 0 spiro atoms. The van der Waals surface area contributed by atoms with E-state index in [1.807, 2.05) is 14.0 Å². The van der Waals surface area contributed by atoms with E-state index in [9.17, 15) is 9.59 Å². The molecule has 6 nitrogen and oxygen atoms in total. The fraction of sp³-hybridized carbons (Fsp3) is 0.538. The Bertz CT molecular complexity index is 483. The van der Waals surface area contributed by atoms with Crippen molar-refractivity contribution in [3.05, 3.63) is 23.7 Å². The number of carbonyl (C=O) groups is 2. The van der Waals surface area contributed by atoms with Gasteiger partial charge in [0.2, 0.25) is 0 Å². The van der Waals surface area contributed by atoms with Crippen molar-refractivity contribution in [2.75, 3.05) is 26.7 Å². The van der Waals surface area contributed by atoms with Gasteiger partial charge < -0.3 is 19.3 Å². The molecule has 0 bridgehead atoms. The van der Waals surface area contributed by atoms with Crippen LogP contribution in [0.4, 0.5) is 0 Å². The highest BCUT2D eigenvalue weighted by Gasteiger charge is 2.27. The number of furan rings is 1. The summed E-state index contributed by atoms with van der Waals surface area (Å²) in [7, 11) is 2.03. The van der Waals surface area contributed by atoms with Crippen LogP contribution in [0.2, 0.25) is 0 Å². The fourth-order valence-electron chi connectivity index (χ4n) is 2.38. The molecule has 6 heteroatoms. The van der Waals surface area contributed by atoms with Gasteiger partial charge in [0.1, 0.15) is 6.26 Å². The van der Waals surface area contributed by atoms with Crippen LogP contribution in [0.25, 0.3) is 0 Å². The van der Waals surface area contributed by atoms with Crippen molar-refractivity contribution in [1.82, 2.24) is 9.80 Å². The van der Waals surface area contributed by atoms with Crippen LogP contribution >= 0.6 is 0 Å². The molecule has 1 aliphatic rings. The highest BCUT2D eigenvalue weighted by Crippen LogP contribution is 2.15. The first kappa shape index (κ1) is 13.6. The summed E-state index contributed by atoms with van der Waals surface area (Å²) in [6.45, 7) is 4.40. The first-order chi connectivity index (χ1) is 8.99. The third-order valence-corrected chi connectivity index (χ3v) is 3.36. The monoisotopic (exact) mass is 266 g/mol. The summed E-state index contributed by atoms with van der Waals surface area (Å²) in [5.74, 6) is -1.24. The standard InChI is InChI=1S/C13H18N2O4/c1-9-7-14(2)4-3-5-15(9)12(16)11-6-10(8-19-11)13(17)18/h6,8-9H,3-5,7H2,1-2H3,(H,17,18). The minimum absolute atomic E-state index is 0.00273. The maximum atomic E-state index is 12.3. The van der Waals surface area contributed by atoms with Crippen LogP contribution in [0.3, 0.4) is 0 Å². The summed E-state index contributed by atoms with van der Waals surface area (Å²) in [5, 5.41) is 8.83. The maximum Gasteiger partial charge on any atom is 0.338 e. The van der Waals surface area contributed by atoms with Gasteiger partial charge in [0.25, 0.3) is 5.91 Å². The molecule has 1 amide bonds. The zero-order valence-electron chi connectivity index (χ0n) is 11.1. The highest BCUT2D eigenvalue weighted by atomic mass is 16.4. The van der Waals surface area contributed by atoms with E-state index in [-0.39, 0.29) is 23.3 Å². The van der Waals surface area contributed by atoms with E-state index in [2.05, 4.69) is 4.90 Å². The summed E-state index contributed by atoms with van der Waals surface area (Å²) in [6, 6.07) is 1.37. The first-order valence-electron chi connectivity index (χ1n) is 6.30. The second-order valence-corrected chi connectivity index (χ2v) is 4.97. The molecule has 2 heterocycles. The Morgan fingerprint density at radius 2 is 2.16 bits per heavy atom. The second-order valence-electron chi connectivity index (χ2n) is 4.97. The molecule has 1 aliphatic heterocycles. The van der Waals surface area contributed by atoms with Crippen LogP contribution in [0.15, 0.2) is 16.7 Å². The van der Waals surface area contributed by atoms with E-state index in [1.165, 1.54) is 6.07 Å². The van der Waals surface area contributed by atoms with Crippen molar-refractivity contribution in [1.29, 1.82) is 0 Å². The Morgan fingerprint density at radius 1 is 1.42 bits per heavy atom. The molecule has 19 heavy (non-hydrogen) atoms. The number of nitrogens with zero attached hydrogens (tertiary/aromatic N) is 2. The number of carboxylic acids is 1. The number of hydrogen-bond acceptors (Lipinski definition) is 4. The molecule has 0 aromatic carbocycles. The van der Waals surface area contributed by atoms with E-state index in [0.29, 0.717) is 6.54 Å². The van der Waals surface area contributed by atoms with Gasteiger partial charge in [0, 0.05) is 25.2 Å². The molecule has 1 unspecified atom stereocenters. The summed E-state index contributed by atoms with van der Waals surface area (Å²) < 4.78 is 5.07. The Kier molecular flexibility index (Phi) is 3.90. The summed E-state index contributed by atoms with van der Waals surface area (Å²) in [6.07, 6.45) is 2.00. The topological polar surface area (TPSA) is 74.0 Å². The SMILES string of the molecule is CC1CN(C)CCCN1C(=O)c1cc(C(=O)O)co1. The zero-order chi connectivity index (χ0) is 14.0. The predicted octanol–water partition coefficient (Wildman–Crippen LogP) is 1.14. The number of aromatic carboxylic acids is 1. The van der Waals surface area contributed by atoms with Crippen LogP contribution in [-0.4, -0.2) is 59.5 Å². The second kappa shape index (κ2) is 5.44. The highest BCUT2D eigenvalue weighted by molar-refractivity contribution is 5.95. The smallest absolute Gasteiger partial charge is 0.338 e. The van der Waals surface area contributed by atoms with E-state index in [0.717, 1.165) is 25.8 Å². The number of hydrogen-bond donors (Lipinski definition) is 1. The van der Waals surface area contributed by atoms with E-state index in [4.69, 9.17) is 9.52 Å². The lowest BCUT2D eigenvalue weighted by atomic mass is 10.2. The Hall–Kier alpha value is -1.82. The number of rotatable bonds is 2. The van der Waals surface area contributed by atoms with Crippen LogP contribution in [-0.2, 0) is 0 Å². The van der Waals surface area contributed by atoms with Gasteiger partial charge in [-0.2, -0.15) is 0 Å². The van der Waals surface area contributed by atoms with Gasteiger partial charge in [0.15, 0.2) is 5.76 Å². The molecule has 0 aliphatic carbocycles. The molecule has 1 aromatic heterocycles. The van der Waals surface area contributed by atoms with Gasteiger partial charge >= 0.3 is 5.97 Å². The molecule has 1 aromatic rings. The Balaban J connectivity index is 2.15. The van der Waals surface area contributed by atoms with Crippen LogP contribution in [0.1, 0.15) is 34.3 Å². The number of carbonyl (C=O) groups excluding carboxylic acids is 1. The summed E-state index contributed by atoms with van der Waals surface area (Å²) >= 11 is 0. The summed E-state index contributed by atoms with van der Waals surface area (Å²) in [5.41, 5.74) is 0.00273. The predicted molar refractivity (Wildman–Crippen MR) is 68.3 cm³/mol. The molecule has 1 saturated heterocycles. The number of likely N-dealkylation sites (N-methyl/N-ethyl adjacent to an activating group) is 1. The van der Waals surface area contributed by atoms with Crippen molar-refractivity contribution in [3.8, 4) is 0 Å². The van der Waals surface area contributed by atoms with Gasteiger partial charge in [0.05, 0.1) is 5.56 Å². The minimum atomic E-state index is -1.09. The molecular weight excluding hydrogens is 248 g/mol. The van der Waals surface area contributed by atoms with Crippen molar-refractivity contribution < 1.29 is 19.1 Å². The van der Waals surface area contributed by atoms with Crippen molar-refractivity contribution in [3.63, 3.8) is 0 Å². The normalized spacial score (nSPS) is 21.2.